The summed E-state index contributed by atoms with van der Waals surface area (Å²) in [5, 5.41) is 0. The molecule has 2 heteroatoms. The van der Waals surface area contributed by atoms with Crippen molar-refractivity contribution in [3.05, 3.63) is 36.1 Å². The van der Waals surface area contributed by atoms with E-state index in [1.165, 1.54) is 13.0 Å². The van der Waals surface area contributed by atoms with Gasteiger partial charge in [-0.3, -0.25) is 4.90 Å². The van der Waals surface area contributed by atoms with Gasteiger partial charge in [-0.2, -0.15) is 0 Å². The van der Waals surface area contributed by atoms with Gasteiger partial charge in [0.1, 0.15) is 0 Å². The Morgan fingerprint density at radius 1 is 1.11 bits per heavy atom. The van der Waals surface area contributed by atoms with E-state index in [4.69, 9.17) is 0 Å². The molecule has 0 amide bonds. The molecular weight excluding hydrogens is 232 g/mol. The van der Waals surface area contributed by atoms with Gasteiger partial charge >= 0.3 is 0 Å². The van der Waals surface area contributed by atoms with Crippen LogP contribution < -0.4 is 0 Å². The molecule has 0 fully saturated rings. The van der Waals surface area contributed by atoms with Crippen molar-refractivity contribution >= 4 is 0 Å². The first-order valence-electron chi connectivity index (χ1n) is 7.61. The van der Waals surface area contributed by atoms with Crippen LogP contribution in [0.25, 0.3) is 0 Å². The maximum Gasteiger partial charge on any atom is 0.0276 e. The van der Waals surface area contributed by atoms with E-state index in [2.05, 4.69) is 68.0 Å². The monoisotopic (exact) mass is 260 g/mol. The quantitative estimate of drug-likeness (QED) is 0.717. The van der Waals surface area contributed by atoms with E-state index in [0.29, 0.717) is 18.0 Å². The summed E-state index contributed by atoms with van der Waals surface area (Å²) in [5.41, 5.74) is 1.60. The third-order valence-electron chi connectivity index (χ3n) is 4.22. The zero-order valence-electron chi connectivity index (χ0n) is 12.8. The molecule has 2 rings (SSSR count). The zero-order valence-corrected chi connectivity index (χ0v) is 12.8. The second kappa shape index (κ2) is 6.42. The van der Waals surface area contributed by atoms with Crippen molar-refractivity contribution in [1.82, 2.24) is 9.80 Å². The Morgan fingerprint density at radius 2 is 1.89 bits per heavy atom. The molecule has 0 aromatic rings. The maximum atomic E-state index is 2.58. The molecule has 0 N–H and O–H groups in total. The van der Waals surface area contributed by atoms with Crippen LogP contribution in [0, 0.1) is 5.92 Å². The van der Waals surface area contributed by atoms with Crippen LogP contribution in [0.3, 0.4) is 0 Å². The largest absolute Gasteiger partial charge is 0.374 e. The summed E-state index contributed by atoms with van der Waals surface area (Å²) in [4.78, 5) is 5.03. The highest BCUT2D eigenvalue weighted by Crippen LogP contribution is 2.24. The fourth-order valence-electron chi connectivity index (χ4n) is 2.83. The van der Waals surface area contributed by atoms with Crippen LogP contribution in [0.15, 0.2) is 36.1 Å². The van der Waals surface area contributed by atoms with Crippen molar-refractivity contribution in [2.75, 3.05) is 19.6 Å². The van der Waals surface area contributed by atoms with Gasteiger partial charge in [-0.05, 0) is 46.4 Å². The fraction of sp³-hybridized carbons (Fsp3) is 0.647. The number of rotatable bonds is 3. The van der Waals surface area contributed by atoms with Gasteiger partial charge < -0.3 is 4.90 Å². The average molecular weight is 260 g/mol. The summed E-state index contributed by atoms with van der Waals surface area (Å²) in [6.07, 6.45) is 12.6. The molecule has 1 atom stereocenters. The van der Waals surface area contributed by atoms with E-state index in [-0.39, 0.29) is 0 Å². The molecule has 0 aromatic heterocycles. The van der Waals surface area contributed by atoms with Gasteiger partial charge in [-0.1, -0.05) is 23.8 Å². The van der Waals surface area contributed by atoms with Crippen LogP contribution in [0.1, 0.15) is 34.1 Å². The van der Waals surface area contributed by atoms with Crippen LogP contribution in [0.5, 0.6) is 0 Å². The molecule has 0 aliphatic carbocycles. The van der Waals surface area contributed by atoms with Gasteiger partial charge in [0, 0.05) is 37.6 Å². The number of hydrogen-bond acceptors (Lipinski definition) is 2. The van der Waals surface area contributed by atoms with E-state index in [0.717, 1.165) is 13.1 Å². The standard InChI is InChI=1S/C17H28N2/c1-14(2)18-10-6-5-8-16(12-18)17-9-7-11-19(13-17)15(3)4/h5-6,8-10,14-16H,7,11-13H2,1-4H3. The second-order valence-electron chi connectivity index (χ2n) is 6.26. The predicted molar refractivity (Wildman–Crippen MR) is 83.0 cm³/mol. The lowest BCUT2D eigenvalue weighted by Gasteiger charge is -2.35. The minimum Gasteiger partial charge on any atom is -0.374 e. The zero-order chi connectivity index (χ0) is 13.8. The molecule has 106 valence electrons. The third-order valence-corrected chi connectivity index (χ3v) is 4.22. The molecule has 2 aliphatic heterocycles. The Hall–Kier alpha value is -1.02. The number of hydrogen-bond donors (Lipinski definition) is 0. The van der Waals surface area contributed by atoms with Crippen LogP contribution in [-0.4, -0.2) is 41.5 Å². The highest BCUT2D eigenvalue weighted by molar-refractivity contribution is 5.22. The van der Waals surface area contributed by atoms with Gasteiger partial charge in [0.25, 0.3) is 0 Å². The first kappa shape index (κ1) is 14.4. The van der Waals surface area contributed by atoms with E-state index < -0.39 is 0 Å². The Kier molecular flexibility index (Phi) is 4.87. The molecule has 0 spiro atoms. The third kappa shape index (κ3) is 3.73. The van der Waals surface area contributed by atoms with Gasteiger partial charge in [0.15, 0.2) is 0 Å². The van der Waals surface area contributed by atoms with Crippen LogP contribution >= 0.6 is 0 Å². The summed E-state index contributed by atoms with van der Waals surface area (Å²) >= 11 is 0. The average Bonchev–Trinajstić information content (AvgIpc) is 2.64. The topological polar surface area (TPSA) is 6.48 Å². The fourth-order valence-corrected chi connectivity index (χ4v) is 2.83. The second-order valence-corrected chi connectivity index (χ2v) is 6.26. The first-order valence-corrected chi connectivity index (χ1v) is 7.61. The highest BCUT2D eigenvalue weighted by atomic mass is 15.2. The summed E-state index contributed by atoms with van der Waals surface area (Å²) in [6.45, 7) is 12.6. The molecule has 2 aliphatic rings. The molecule has 2 heterocycles. The van der Waals surface area contributed by atoms with Crippen molar-refractivity contribution in [3.8, 4) is 0 Å². The molecule has 2 nitrogen and oxygen atoms in total. The molecule has 0 radical (unpaired) electrons. The normalized spacial score (nSPS) is 25.1. The Labute approximate surface area is 118 Å². The summed E-state index contributed by atoms with van der Waals surface area (Å²) in [6, 6.07) is 1.22. The molecule has 1 unspecified atom stereocenters. The van der Waals surface area contributed by atoms with Gasteiger partial charge in [0.05, 0.1) is 0 Å². The smallest absolute Gasteiger partial charge is 0.0276 e. The minimum absolute atomic E-state index is 0.568. The molecule has 19 heavy (non-hydrogen) atoms. The van der Waals surface area contributed by atoms with Gasteiger partial charge in [0.2, 0.25) is 0 Å². The van der Waals surface area contributed by atoms with Crippen molar-refractivity contribution in [2.24, 2.45) is 5.92 Å². The van der Waals surface area contributed by atoms with E-state index in [1.54, 1.807) is 5.57 Å². The lowest BCUT2D eigenvalue weighted by molar-refractivity contribution is 0.222. The first-order chi connectivity index (χ1) is 9.08. The minimum atomic E-state index is 0.568. The van der Waals surface area contributed by atoms with E-state index in [1.807, 2.05) is 0 Å². The maximum absolute atomic E-state index is 2.58. The number of nitrogens with zero attached hydrogens (tertiary/aromatic N) is 2. The molecular formula is C17H28N2. The highest BCUT2D eigenvalue weighted by Gasteiger charge is 2.22. The van der Waals surface area contributed by atoms with Gasteiger partial charge in [-0.15, -0.1) is 0 Å². The van der Waals surface area contributed by atoms with Crippen LogP contribution in [-0.2, 0) is 0 Å². The van der Waals surface area contributed by atoms with Crippen LogP contribution in [0.2, 0.25) is 0 Å². The molecule has 0 saturated heterocycles. The lowest BCUT2D eigenvalue weighted by Crippen LogP contribution is -2.39. The summed E-state index contributed by atoms with van der Waals surface area (Å²) < 4.78 is 0. The SMILES string of the molecule is CC(C)N1C=CC=CC(C2=CCCN(C(C)C)C2)C1. The Morgan fingerprint density at radius 3 is 2.58 bits per heavy atom. The van der Waals surface area contributed by atoms with Crippen molar-refractivity contribution in [1.29, 1.82) is 0 Å². The van der Waals surface area contributed by atoms with E-state index >= 15 is 0 Å². The van der Waals surface area contributed by atoms with Gasteiger partial charge in [-0.25, -0.2) is 0 Å². The number of allylic oxidation sites excluding steroid dienone is 2. The summed E-state index contributed by atoms with van der Waals surface area (Å²) in [7, 11) is 0. The molecule has 0 bridgehead atoms. The molecule has 0 saturated carbocycles. The van der Waals surface area contributed by atoms with Crippen LogP contribution in [0.4, 0.5) is 0 Å². The lowest BCUT2D eigenvalue weighted by atomic mass is 9.93. The van der Waals surface area contributed by atoms with E-state index in [9.17, 15) is 0 Å². The Balaban J connectivity index is 2.06. The Bertz CT molecular complexity index is 377. The van der Waals surface area contributed by atoms with Crippen molar-refractivity contribution in [3.63, 3.8) is 0 Å². The predicted octanol–water partition coefficient (Wildman–Crippen LogP) is 3.44. The van der Waals surface area contributed by atoms with Crippen molar-refractivity contribution in [2.45, 2.75) is 46.2 Å². The summed E-state index contributed by atoms with van der Waals surface area (Å²) in [5.74, 6) is 0.568. The molecule has 0 aromatic carbocycles. The van der Waals surface area contributed by atoms with Crippen molar-refractivity contribution < 1.29 is 0 Å².